The molecule has 0 aliphatic heterocycles. The molecule has 0 amide bonds. The van der Waals surface area contributed by atoms with Crippen LogP contribution in [0.3, 0.4) is 0 Å². The molecule has 0 saturated heterocycles. The second kappa shape index (κ2) is 5.71. The van der Waals surface area contributed by atoms with Crippen molar-refractivity contribution in [2.75, 3.05) is 7.11 Å². The Morgan fingerprint density at radius 1 is 1.41 bits per heavy atom. The second-order valence-electron chi connectivity index (χ2n) is 4.85. The van der Waals surface area contributed by atoms with Gasteiger partial charge < -0.3 is 9.29 Å². The highest BCUT2D eigenvalue weighted by Gasteiger charge is 2.28. The van der Waals surface area contributed by atoms with Crippen molar-refractivity contribution in [2.45, 2.75) is 38.5 Å². The molecule has 1 heterocycles. The molecule has 0 spiro atoms. The van der Waals surface area contributed by atoms with Crippen LogP contribution in [0.15, 0.2) is 18.3 Å². The van der Waals surface area contributed by atoms with E-state index in [1.165, 1.54) is 0 Å². The molecule has 1 rings (SSSR count). The van der Waals surface area contributed by atoms with Gasteiger partial charge in [0.2, 0.25) is 5.88 Å². The van der Waals surface area contributed by atoms with Gasteiger partial charge in [-0.1, -0.05) is 6.07 Å². The Balaban J connectivity index is 2.66. The quantitative estimate of drug-likeness (QED) is 0.839. The van der Waals surface area contributed by atoms with Crippen LogP contribution in [0.25, 0.3) is 0 Å². The summed E-state index contributed by atoms with van der Waals surface area (Å²) in [7, 11) is 1.58. The number of pyridine rings is 1. The lowest BCUT2D eigenvalue weighted by Gasteiger charge is -2.26. The van der Waals surface area contributed by atoms with Gasteiger partial charge in [-0.3, -0.25) is 0 Å². The molecular formula is C12H20N2O2S. The van der Waals surface area contributed by atoms with Crippen molar-refractivity contribution >= 4 is 11.4 Å². The first kappa shape index (κ1) is 14.3. The van der Waals surface area contributed by atoms with Gasteiger partial charge in [-0.15, -0.1) is 4.72 Å². The van der Waals surface area contributed by atoms with Crippen molar-refractivity contribution in [3.05, 3.63) is 23.9 Å². The Morgan fingerprint density at radius 2 is 2.06 bits per heavy atom. The summed E-state index contributed by atoms with van der Waals surface area (Å²) in [5.41, 5.74) is 0.989. The molecule has 0 aliphatic rings. The number of nitrogens with zero attached hydrogens (tertiary/aromatic N) is 1. The van der Waals surface area contributed by atoms with E-state index in [1.54, 1.807) is 19.4 Å². The number of nitrogens with one attached hydrogen (secondary N) is 1. The van der Waals surface area contributed by atoms with Crippen LogP contribution in [-0.2, 0) is 11.4 Å². The van der Waals surface area contributed by atoms with Gasteiger partial charge in [-0.25, -0.2) is 4.98 Å². The van der Waals surface area contributed by atoms with Gasteiger partial charge in [0.25, 0.3) is 0 Å². The highest BCUT2D eigenvalue weighted by Crippen LogP contribution is 2.20. The predicted molar refractivity (Wildman–Crippen MR) is 70.2 cm³/mol. The fourth-order valence-electron chi connectivity index (χ4n) is 1.17. The van der Waals surface area contributed by atoms with E-state index < -0.39 is 11.4 Å². The third-order valence-electron chi connectivity index (χ3n) is 2.31. The minimum atomic E-state index is -1.08. The number of hydrogen-bond donors (Lipinski definition) is 1. The Morgan fingerprint density at radius 3 is 2.47 bits per heavy atom. The van der Waals surface area contributed by atoms with Crippen LogP contribution >= 0.6 is 0 Å². The molecule has 0 aromatic carbocycles. The average Bonchev–Trinajstić information content (AvgIpc) is 2.27. The monoisotopic (exact) mass is 256 g/mol. The van der Waals surface area contributed by atoms with E-state index in [0.29, 0.717) is 5.88 Å². The summed E-state index contributed by atoms with van der Waals surface area (Å²) in [5, 5.41) is 0. The highest BCUT2D eigenvalue weighted by molar-refractivity contribution is 7.90. The molecule has 0 aliphatic carbocycles. The van der Waals surface area contributed by atoms with E-state index in [-0.39, 0.29) is 10.8 Å². The molecule has 0 saturated carbocycles. The third-order valence-corrected chi connectivity index (χ3v) is 3.99. The van der Waals surface area contributed by atoms with Gasteiger partial charge in [-0.05, 0) is 33.3 Å². The summed E-state index contributed by atoms with van der Waals surface area (Å²) >= 11 is -1.08. The molecule has 1 aromatic rings. The van der Waals surface area contributed by atoms with Crippen LogP contribution in [-0.4, -0.2) is 21.4 Å². The Hall–Kier alpha value is -0.780. The summed E-state index contributed by atoms with van der Waals surface area (Å²) in [5.74, 6) is 0.581. The zero-order valence-electron chi connectivity index (χ0n) is 11.0. The van der Waals surface area contributed by atoms with Gasteiger partial charge in [0, 0.05) is 23.6 Å². The van der Waals surface area contributed by atoms with Gasteiger partial charge in [0.15, 0.2) is 0 Å². The highest BCUT2D eigenvalue weighted by atomic mass is 32.2. The maximum atomic E-state index is 11.9. The van der Waals surface area contributed by atoms with Crippen molar-refractivity contribution in [2.24, 2.45) is 0 Å². The Bertz CT molecular complexity index is 349. The number of rotatable bonds is 4. The van der Waals surface area contributed by atoms with Crippen LogP contribution in [0.4, 0.5) is 0 Å². The van der Waals surface area contributed by atoms with E-state index in [0.717, 1.165) is 5.56 Å². The molecule has 2 atom stereocenters. The topological polar surface area (TPSA) is 57.2 Å². The zero-order chi connectivity index (χ0) is 13.1. The van der Waals surface area contributed by atoms with E-state index in [1.807, 2.05) is 33.8 Å². The molecule has 4 nitrogen and oxygen atoms in total. The van der Waals surface area contributed by atoms with Crippen LogP contribution in [0.1, 0.15) is 39.3 Å². The molecule has 96 valence electrons. The molecule has 1 N–H and O–H groups in total. The second-order valence-corrected chi connectivity index (χ2v) is 6.85. The Labute approximate surface area is 106 Å². The minimum absolute atomic E-state index is 0.00605. The predicted octanol–water partition coefficient (Wildman–Crippen LogP) is 2.20. The van der Waals surface area contributed by atoms with Gasteiger partial charge in [0.1, 0.15) is 4.75 Å². The summed E-state index contributed by atoms with van der Waals surface area (Å²) in [6.07, 6.45) is 1.73. The molecule has 1 aromatic heterocycles. The molecule has 5 heteroatoms. The molecule has 0 bridgehead atoms. The first-order valence-electron chi connectivity index (χ1n) is 5.52. The van der Waals surface area contributed by atoms with Crippen molar-refractivity contribution in [1.29, 1.82) is 0 Å². The summed E-state index contributed by atoms with van der Waals surface area (Å²) in [6, 6.07) is 3.71. The van der Waals surface area contributed by atoms with Crippen LogP contribution in [0, 0.1) is 0 Å². The van der Waals surface area contributed by atoms with E-state index in [2.05, 4.69) is 9.71 Å². The lowest BCUT2D eigenvalue weighted by atomic mass is 10.2. The van der Waals surface area contributed by atoms with Gasteiger partial charge >= 0.3 is 0 Å². The fraction of sp³-hybridized carbons (Fsp3) is 0.583. The maximum absolute atomic E-state index is 11.9. The van der Waals surface area contributed by atoms with E-state index >= 15 is 0 Å². The molecule has 0 unspecified atom stereocenters. The van der Waals surface area contributed by atoms with Crippen molar-refractivity contribution in [1.82, 2.24) is 9.71 Å². The molecule has 0 radical (unpaired) electrons. The van der Waals surface area contributed by atoms with Crippen LogP contribution in [0.5, 0.6) is 5.88 Å². The maximum Gasteiger partial charge on any atom is 0.212 e. The van der Waals surface area contributed by atoms with Gasteiger partial charge in [0.05, 0.1) is 13.2 Å². The molecule has 0 fully saturated rings. The van der Waals surface area contributed by atoms with Crippen molar-refractivity contribution < 1.29 is 9.29 Å². The summed E-state index contributed by atoms with van der Waals surface area (Å²) < 4.78 is 19.7. The SMILES string of the molecule is COc1ccc([C@@H](C)N[S@@+]([O-])C(C)(C)C)cn1. The fourth-order valence-corrected chi connectivity index (χ4v) is 1.98. The Kier molecular flexibility index (Phi) is 4.80. The van der Waals surface area contributed by atoms with Crippen molar-refractivity contribution in [3.8, 4) is 5.88 Å². The van der Waals surface area contributed by atoms with Crippen LogP contribution < -0.4 is 9.46 Å². The smallest absolute Gasteiger partial charge is 0.212 e. The molecule has 17 heavy (non-hydrogen) atoms. The first-order chi connectivity index (χ1) is 7.84. The summed E-state index contributed by atoms with van der Waals surface area (Å²) in [4.78, 5) is 4.13. The normalized spacial score (nSPS) is 15.4. The number of ether oxygens (including phenoxy) is 1. The third kappa shape index (κ3) is 4.18. The van der Waals surface area contributed by atoms with Crippen molar-refractivity contribution in [3.63, 3.8) is 0 Å². The zero-order valence-corrected chi connectivity index (χ0v) is 11.8. The lowest BCUT2D eigenvalue weighted by Crippen LogP contribution is -2.40. The first-order valence-corrected chi connectivity index (χ1v) is 6.67. The summed E-state index contributed by atoms with van der Waals surface area (Å²) in [6.45, 7) is 7.78. The van der Waals surface area contributed by atoms with Gasteiger partial charge in [-0.2, -0.15) is 0 Å². The number of aromatic nitrogens is 1. The number of hydrogen-bond acceptors (Lipinski definition) is 4. The minimum Gasteiger partial charge on any atom is -0.598 e. The van der Waals surface area contributed by atoms with E-state index in [4.69, 9.17) is 4.74 Å². The number of methoxy groups -OCH3 is 1. The molecular weight excluding hydrogens is 236 g/mol. The standard InChI is InChI=1S/C12H20N2O2S/c1-9(14-17(15)12(2,3)4)10-6-7-11(16-5)13-8-10/h6-9,14H,1-5H3/t9-,17+/m1/s1. The lowest BCUT2D eigenvalue weighted by molar-refractivity contribution is 0.397. The van der Waals surface area contributed by atoms with Crippen LogP contribution in [0.2, 0.25) is 0 Å². The largest absolute Gasteiger partial charge is 0.598 e. The average molecular weight is 256 g/mol. The van der Waals surface area contributed by atoms with E-state index in [9.17, 15) is 4.55 Å².